The molecule has 0 aliphatic heterocycles. The summed E-state index contributed by atoms with van der Waals surface area (Å²) in [6.45, 7) is 5.10. The van der Waals surface area contributed by atoms with Crippen LogP contribution in [0.25, 0.3) is 0 Å². The fourth-order valence-electron chi connectivity index (χ4n) is 2.49. The summed E-state index contributed by atoms with van der Waals surface area (Å²) in [4.78, 5) is 32.7. The molecule has 0 spiro atoms. The van der Waals surface area contributed by atoms with Crippen molar-refractivity contribution >= 4 is 23.5 Å². The Bertz CT molecular complexity index is 777. The van der Waals surface area contributed by atoms with Crippen molar-refractivity contribution in [1.29, 1.82) is 0 Å². The average Bonchev–Trinajstić information content (AvgIpc) is 2.53. The standard InChI is InChI=1S/C17H18ClN3O3/c1-4-17(16(23)24,12-5-7-13(18)8-6-12)21-15(22)14-9-19-11(3)20-10(14)2/h5-9H,4H2,1-3H3,(H,21,22)(H,23,24). The van der Waals surface area contributed by atoms with Gasteiger partial charge in [0.1, 0.15) is 5.82 Å². The number of carboxylic acid groups (broad SMARTS) is 1. The Morgan fingerprint density at radius 1 is 1.25 bits per heavy atom. The molecule has 1 aromatic heterocycles. The summed E-state index contributed by atoms with van der Waals surface area (Å²) in [5, 5.41) is 12.9. The van der Waals surface area contributed by atoms with E-state index in [2.05, 4.69) is 15.3 Å². The molecule has 1 atom stereocenters. The molecule has 24 heavy (non-hydrogen) atoms. The van der Waals surface area contributed by atoms with Gasteiger partial charge in [-0.2, -0.15) is 0 Å². The van der Waals surface area contributed by atoms with Crippen LogP contribution in [0.5, 0.6) is 0 Å². The van der Waals surface area contributed by atoms with Crippen LogP contribution < -0.4 is 5.32 Å². The molecule has 7 heteroatoms. The molecule has 0 radical (unpaired) electrons. The number of aromatic nitrogens is 2. The number of carbonyl (C=O) groups excluding carboxylic acids is 1. The number of hydrogen-bond donors (Lipinski definition) is 2. The van der Waals surface area contributed by atoms with Crippen molar-refractivity contribution in [2.45, 2.75) is 32.7 Å². The summed E-state index contributed by atoms with van der Waals surface area (Å²) in [6.07, 6.45) is 1.57. The highest BCUT2D eigenvalue weighted by Gasteiger charge is 2.40. The van der Waals surface area contributed by atoms with Crippen LogP contribution in [-0.2, 0) is 10.3 Å². The van der Waals surface area contributed by atoms with Crippen LogP contribution in [0.15, 0.2) is 30.5 Å². The van der Waals surface area contributed by atoms with E-state index >= 15 is 0 Å². The zero-order valence-electron chi connectivity index (χ0n) is 13.6. The summed E-state index contributed by atoms with van der Waals surface area (Å²) in [7, 11) is 0. The van der Waals surface area contributed by atoms with Crippen LogP contribution in [0.1, 0.15) is 40.8 Å². The van der Waals surface area contributed by atoms with E-state index in [1.165, 1.54) is 6.20 Å². The van der Waals surface area contributed by atoms with Gasteiger partial charge in [-0.1, -0.05) is 30.7 Å². The Morgan fingerprint density at radius 2 is 1.88 bits per heavy atom. The third-order valence-electron chi connectivity index (χ3n) is 3.90. The van der Waals surface area contributed by atoms with Gasteiger partial charge in [0.2, 0.25) is 0 Å². The first-order chi connectivity index (χ1) is 11.3. The number of carboxylic acids is 1. The minimum atomic E-state index is -1.56. The smallest absolute Gasteiger partial charge is 0.334 e. The van der Waals surface area contributed by atoms with E-state index in [1.54, 1.807) is 45.0 Å². The molecule has 2 N–H and O–H groups in total. The molecule has 0 bridgehead atoms. The molecule has 0 aliphatic carbocycles. The molecule has 6 nitrogen and oxygen atoms in total. The van der Waals surface area contributed by atoms with E-state index in [0.717, 1.165) is 0 Å². The molecule has 0 aliphatic rings. The summed E-state index contributed by atoms with van der Waals surface area (Å²) in [5.74, 6) is -1.14. The molecule has 1 unspecified atom stereocenters. The minimum absolute atomic E-state index is 0.168. The van der Waals surface area contributed by atoms with Gasteiger partial charge in [0, 0.05) is 11.2 Å². The van der Waals surface area contributed by atoms with Gasteiger partial charge in [-0.15, -0.1) is 0 Å². The Morgan fingerprint density at radius 3 is 2.38 bits per heavy atom. The number of hydrogen-bond acceptors (Lipinski definition) is 4. The third kappa shape index (κ3) is 3.38. The molecule has 1 aromatic carbocycles. The quantitative estimate of drug-likeness (QED) is 0.867. The Balaban J connectivity index is 2.44. The van der Waals surface area contributed by atoms with Crippen LogP contribution >= 0.6 is 11.6 Å². The molecule has 126 valence electrons. The highest BCUT2D eigenvalue weighted by molar-refractivity contribution is 6.30. The van der Waals surface area contributed by atoms with Crippen LogP contribution in [0, 0.1) is 13.8 Å². The molecule has 0 saturated carbocycles. The maximum atomic E-state index is 12.6. The van der Waals surface area contributed by atoms with Crippen LogP contribution in [-0.4, -0.2) is 27.0 Å². The van der Waals surface area contributed by atoms with Gasteiger partial charge in [-0.05, 0) is 38.0 Å². The second-order valence-electron chi connectivity index (χ2n) is 5.44. The number of nitrogens with one attached hydrogen (secondary N) is 1. The monoisotopic (exact) mass is 347 g/mol. The van der Waals surface area contributed by atoms with Crippen LogP contribution in [0.2, 0.25) is 5.02 Å². The van der Waals surface area contributed by atoms with Gasteiger partial charge >= 0.3 is 5.97 Å². The second kappa shape index (κ2) is 6.97. The first-order valence-electron chi connectivity index (χ1n) is 7.42. The van der Waals surface area contributed by atoms with Gasteiger partial charge in [0.25, 0.3) is 5.91 Å². The van der Waals surface area contributed by atoms with E-state index in [4.69, 9.17) is 11.6 Å². The summed E-state index contributed by atoms with van der Waals surface area (Å²) < 4.78 is 0. The number of halogens is 1. The van der Waals surface area contributed by atoms with Crippen molar-refractivity contribution in [1.82, 2.24) is 15.3 Å². The summed E-state index contributed by atoms with van der Waals surface area (Å²) >= 11 is 5.87. The van der Waals surface area contributed by atoms with Crippen molar-refractivity contribution < 1.29 is 14.7 Å². The van der Waals surface area contributed by atoms with Gasteiger partial charge < -0.3 is 10.4 Å². The van der Waals surface area contributed by atoms with E-state index < -0.39 is 17.4 Å². The van der Waals surface area contributed by atoms with Gasteiger partial charge in [0.15, 0.2) is 5.54 Å². The Labute approximate surface area is 144 Å². The number of rotatable bonds is 5. The lowest BCUT2D eigenvalue weighted by molar-refractivity contribution is -0.145. The lowest BCUT2D eigenvalue weighted by atomic mass is 9.87. The van der Waals surface area contributed by atoms with E-state index in [1.807, 2.05) is 0 Å². The second-order valence-corrected chi connectivity index (χ2v) is 5.88. The minimum Gasteiger partial charge on any atom is -0.479 e. The fraction of sp³-hybridized carbons (Fsp3) is 0.294. The SMILES string of the molecule is CCC(NC(=O)c1cnc(C)nc1C)(C(=O)O)c1ccc(Cl)cc1. The highest BCUT2D eigenvalue weighted by Crippen LogP contribution is 2.27. The Kier molecular flexibility index (Phi) is 5.19. The largest absolute Gasteiger partial charge is 0.479 e. The van der Waals surface area contributed by atoms with Gasteiger partial charge in [0.05, 0.1) is 11.3 Å². The van der Waals surface area contributed by atoms with E-state index in [9.17, 15) is 14.7 Å². The molecule has 0 saturated heterocycles. The number of benzene rings is 1. The van der Waals surface area contributed by atoms with E-state index in [-0.39, 0.29) is 12.0 Å². The zero-order chi connectivity index (χ0) is 17.9. The number of carbonyl (C=O) groups is 2. The highest BCUT2D eigenvalue weighted by atomic mass is 35.5. The van der Waals surface area contributed by atoms with Crippen LogP contribution in [0.4, 0.5) is 0 Å². The Hall–Kier alpha value is -2.47. The first-order valence-corrected chi connectivity index (χ1v) is 7.80. The predicted octanol–water partition coefficient (Wildman–Crippen LogP) is 2.87. The molecule has 1 heterocycles. The predicted molar refractivity (Wildman–Crippen MR) is 90.0 cm³/mol. The molecule has 0 fully saturated rings. The lowest BCUT2D eigenvalue weighted by Gasteiger charge is -2.30. The first kappa shape index (κ1) is 17.9. The van der Waals surface area contributed by atoms with E-state index in [0.29, 0.717) is 22.1 Å². The average molecular weight is 348 g/mol. The van der Waals surface area contributed by atoms with Crippen molar-refractivity contribution in [3.05, 3.63) is 58.1 Å². The number of nitrogens with zero attached hydrogens (tertiary/aromatic N) is 2. The van der Waals surface area contributed by atoms with Gasteiger partial charge in [-0.25, -0.2) is 14.8 Å². The van der Waals surface area contributed by atoms with Crippen LogP contribution in [0.3, 0.4) is 0 Å². The molecular formula is C17H18ClN3O3. The van der Waals surface area contributed by atoms with Crippen molar-refractivity contribution in [3.8, 4) is 0 Å². The van der Waals surface area contributed by atoms with Crippen molar-refractivity contribution in [2.24, 2.45) is 0 Å². The van der Waals surface area contributed by atoms with Crippen molar-refractivity contribution in [2.75, 3.05) is 0 Å². The van der Waals surface area contributed by atoms with Gasteiger partial charge in [-0.3, -0.25) is 4.79 Å². The molecule has 2 aromatic rings. The molecular weight excluding hydrogens is 330 g/mol. The normalized spacial score (nSPS) is 13.2. The maximum absolute atomic E-state index is 12.6. The summed E-state index contributed by atoms with van der Waals surface area (Å²) in [5.41, 5.74) is -0.375. The number of aryl methyl sites for hydroxylation is 2. The topological polar surface area (TPSA) is 92.2 Å². The third-order valence-corrected chi connectivity index (χ3v) is 4.16. The van der Waals surface area contributed by atoms with Crippen molar-refractivity contribution in [3.63, 3.8) is 0 Å². The fourth-order valence-corrected chi connectivity index (χ4v) is 2.62. The molecule has 2 rings (SSSR count). The maximum Gasteiger partial charge on any atom is 0.334 e. The molecule has 1 amide bonds. The summed E-state index contributed by atoms with van der Waals surface area (Å²) in [6, 6.07) is 6.38. The number of aliphatic carboxylic acids is 1. The lowest BCUT2D eigenvalue weighted by Crippen LogP contribution is -2.51. The number of amides is 1. The zero-order valence-corrected chi connectivity index (χ0v) is 14.4.